The summed E-state index contributed by atoms with van der Waals surface area (Å²) in [7, 11) is 0. The van der Waals surface area contributed by atoms with Crippen molar-refractivity contribution in [2.45, 2.75) is 53.6 Å². The molecule has 1 spiro atoms. The van der Waals surface area contributed by atoms with E-state index in [-0.39, 0.29) is 34.4 Å². The molecule has 2 aromatic rings. The number of halogens is 2. The fraction of sp³-hybridized carbons (Fsp3) is 0.444. The average Bonchev–Trinajstić information content (AvgIpc) is 3.47. The third-order valence-electron chi connectivity index (χ3n) is 7.87. The van der Waals surface area contributed by atoms with E-state index >= 15 is 0 Å². The van der Waals surface area contributed by atoms with Crippen LogP contribution in [0.15, 0.2) is 48.5 Å². The number of nitrogens with one attached hydrogen (secondary N) is 2. The fourth-order valence-electron chi connectivity index (χ4n) is 6.20. The minimum Gasteiger partial charge on any atom is -0.394 e. The number of nitrogens with zero attached hydrogens (tertiary/aromatic N) is 1. The third kappa shape index (κ3) is 4.28. The number of likely N-dealkylation sites (tertiary alicyclic amines) is 1. The summed E-state index contributed by atoms with van der Waals surface area (Å²) >= 11 is 11.7. The maximum atomic E-state index is 14.1. The first-order chi connectivity index (χ1) is 17.7. The van der Waals surface area contributed by atoms with Crippen LogP contribution in [0.2, 0.25) is 5.02 Å². The molecule has 3 aliphatic rings. The van der Waals surface area contributed by atoms with E-state index < -0.39 is 28.7 Å². The smallest absolute Gasteiger partial charge is 0.248 e. The molecule has 0 aliphatic carbocycles. The highest BCUT2D eigenvalue weighted by Gasteiger charge is 2.76. The van der Waals surface area contributed by atoms with Gasteiger partial charge >= 0.3 is 0 Å². The summed E-state index contributed by atoms with van der Waals surface area (Å²) in [5.41, 5.74) is 1.97. The highest BCUT2D eigenvalue weighted by atomic mass is 79.9. The maximum absolute atomic E-state index is 14.1. The minimum absolute atomic E-state index is 0.0421. The second kappa shape index (κ2) is 10.2. The molecule has 3 unspecified atom stereocenters. The summed E-state index contributed by atoms with van der Waals surface area (Å²) in [5, 5.41) is 16.4. The number of aliphatic hydroxyl groups is 1. The Morgan fingerprint density at radius 2 is 1.92 bits per heavy atom. The van der Waals surface area contributed by atoms with Crippen molar-refractivity contribution in [2.75, 3.05) is 17.2 Å². The predicted octanol–water partition coefficient (Wildman–Crippen LogP) is 4.46. The van der Waals surface area contributed by atoms with Crippen LogP contribution >= 0.6 is 39.3 Å². The maximum Gasteiger partial charge on any atom is 0.248 e. The molecular weight excluding hydrogens is 578 g/mol. The second-order valence-corrected chi connectivity index (χ2v) is 13.1. The number of aliphatic hydroxyl groups excluding tert-OH is 1. The lowest BCUT2D eigenvalue weighted by atomic mass is 9.70. The van der Waals surface area contributed by atoms with E-state index in [0.717, 1.165) is 5.56 Å². The summed E-state index contributed by atoms with van der Waals surface area (Å²) in [6, 6.07) is 13.1. The summed E-state index contributed by atoms with van der Waals surface area (Å²) in [5.74, 6) is -2.12. The van der Waals surface area contributed by atoms with E-state index in [9.17, 15) is 19.5 Å². The molecule has 2 bridgehead atoms. The second-order valence-electron chi connectivity index (χ2n) is 9.93. The molecule has 3 saturated heterocycles. The summed E-state index contributed by atoms with van der Waals surface area (Å²) < 4.78 is -0.809. The van der Waals surface area contributed by atoms with Crippen molar-refractivity contribution in [2.24, 2.45) is 11.8 Å². The van der Waals surface area contributed by atoms with E-state index in [2.05, 4.69) is 26.6 Å². The van der Waals surface area contributed by atoms with Gasteiger partial charge < -0.3 is 20.6 Å². The van der Waals surface area contributed by atoms with E-state index in [1.807, 2.05) is 56.3 Å². The molecule has 0 aromatic heterocycles. The van der Waals surface area contributed by atoms with Gasteiger partial charge in [-0.1, -0.05) is 64.8 Å². The Morgan fingerprint density at radius 3 is 2.57 bits per heavy atom. The zero-order valence-corrected chi connectivity index (χ0v) is 23.6. The highest BCUT2D eigenvalue weighted by Crippen LogP contribution is 2.68. The lowest BCUT2D eigenvalue weighted by molar-refractivity contribution is -0.141. The molecule has 0 radical (unpaired) electrons. The Morgan fingerprint density at radius 1 is 1.19 bits per heavy atom. The van der Waals surface area contributed by atoms with E-state index in [4.69, 9.17) is 11.6 Å². The van der Waals surface area contributed by atoms with E-state index in [1.165, 1.54) is 0 Å². The molecule has 7 nitrogen and oxygen atoms in total. The van der Waals surface area contributed by atoms with Crippen molar-refractivity contribution in [3.05, 3.63) is 59.1 Å². The molecule has 3 N–H and O–H groups in total. The number of alkyl halides is 1. The summed E-state index contributed by atoms with van der Waals surface area (Å²) in [6.07, 6.45) is 1.04. The number of benzene rings is 2. The molecule has 3 fully saturated rings. The molecule has 5 rings (SSSR count). The van der Waals surface area contributed by atoms with Crippen LogP contribution in [0.1, 0.15) is 25.3 Å². The van der Waals surface area contributed by atoms with Gasteiger partial charge in [0.2, 0.25) is 17.7 Å². The van der Waals surface area contributed by atoms with Gasteiger partial charge in [0, 0.05) is 15.8 Å². The molecule has 7 atom stereocenters. The predicted molar refractivity (Wildman–Crippen MR) is 150 cm³/mol. The van der Waals surface area contributed by atoms with Gasteiger partial charge in [0.15, 0.2) is 0 Å². The van der Waals surface area contributed by atoms with Gasteiger partial charge in [-0.05, 0) is 43.5 Å². The van der Waals surface area contributed by atoms with Gasteiger partial charge in [0.05, 0.1) is 39.9 Å². The quantitative estimate of drug-likeness (QED) is 0.405. The van der Waals surface area contributed by atoms with Crippen LogP contribution in [0.4, 0.5) is 11.4 Å². The third-order valence-corrected chi connectivity index (χ3v) is 11.4. The van der Waals surface area contributed by atoms with Crippen LogP contribution in [-0.4, -0.2) is 61.2 Å². The first kappa shape index (κ1) is 26.5. The standard InChI is InChI=1S/C27H29BrClN3O4S/c1-3-16(13-33)32-23(25(35)31-21-14(2)8-7-11-18(21)29)27-12-17(28)22(37-27)19(20(27)26(32)36)24(34)30-15-9-5-4-6-10-15/h4-11,16-17,19-20,22-23,33H,3,12-13H2,1-2H3,(H,30,34)(H,31,35)/t16-,17?,19+,20-,22+,23?,27?/m0/s1. The molecule has 3 aliphatic heterocycles. The zero-order valence-electron chi connectivity index (χ0n) is 20.5. The van der Waals surface area contributed by atoms with Crippen LogP contribution in [-0.2, 0) is 14.4 Å². The van der Waals surface area contributed by atoms with Crippen LogP contribution in [0.25, 0.3) is 0 Å². The van der Waals surface area contributed by atoms with Gasteiger partial charge in [-0.2, -0.15) is 0 Å². The van der Waals surface area contributed by atoms with Gasteiger partial charge in [0.25, 0.3) is 0 Å². The molecule has 37 heavy (non-hydrogen) atoms. The lowest BCUT2D eigenvalue weighted by Gasteiger charge is -2.37. The van der Waals surface area contributed by atoms with Gasteiger partial charge in [-0.25, -0.2) is 0 Å². The topological polar surface area (TPSA) is 98.7 Å². The molecule has 196 valence electrons. The SMILES string of the molecule is CC[C@@H](CO)N1C(=O)[C@@H]2[C@@H](C(=O)Nc3ccccc3)[C@@H]3SC2(CC3Br)C1C(=O)Nc1c(C)cccc1Cl. The first-order valence-electron chi connectivity index (χ1n) is 12.4. The highest BCUT2D eigenvalue weighted by molar-refractivity contribution is 9.09. The van der Waals surface area contributed by atoms with Crippen LogP contribution in [0.5, 0.6) is 0 Å². The van der Waals surface area contributed by atoms with Crippen LogP contribution in [0.3, 0.4) is 0 Å². The Bertz CT molecular complexity index is 1210. The zero-order chi connectivity index (χ0) is 26.5. The Labute approximate surface area is 233 Å². The number of carbonyl (C=O) groups excluding carboxylic acids is 3. The number of aryl methyl sites for hydroxylation is 1. The number of thioether (sulfide) groups is 1. The molecular formula is C27H29BrClN3O4S. The normalized spacial score (nSPS) is 30.8. The monoisotopic (exact) mass is 605 g/mol. The number of hydrogen-bond donors (Lipinski definition) is 3. The molecule has 10 heteroatoms. The molecule has 2 aromatic carbocycles. The van der Waals surface area contributed by atoms with Gasteiger partial charge in [-0.3, -0.25) is 14.4 Å². The number of anilines is 2. The fourth-order valence-corrected chi connectivity index (χ4v) is 10.1. The van der Waals surface area contributed by atoms with E-state index in [1.54, 1.807) is 22.7 Å². The lowest BCUT2D eigenvalue weighted by Crippen LogP contribution is -2.55. The number of para-hydroxylation sites is 2. The van der Waals surface area contributed by atoms with Crippen LogP contribution < -0.4 is 10.6 Å². The van der Waals surface area contributed by atoms with Gasteiger partial charge in [-0.15, -0.1) is 11.8 Å². The average molecular weight is 607 g/mol. The first-order valence-corrected chi connectivity index (χ1v) is 14.6. The van der Waals surface area contributed by atoms with Crippen molar-refractivity contribution in [3.63, 3.8) is 0 Å². The number of rotatable bonds is 7. The Hall–Kier alpha value is -2.07. The number of carbonyl (C=O) groups is 3. The van der Waals surface area contributed by atoms with Crippen molar-refractivity contribution < 1.29 is 19.5 Å². The number of hydrogen-bond acceptors (Lipinski definition) is 5. The summed E-state index contributed by atoms with van der Waals surface area (Å²) in [6.45, 7) is 3.47. The Kier molecular flexibility index (Phi) is 7.35. The number of amides is 3. The molecule has 3 amide bonds. The molecule has 3 heterocycles. The van der Waals surface area contributed by atoms with Gasteiger partial charge in [0.1, 0.15) is 6.04 Å². The van der Waals surface area contributed by atoms with E-state index in [0.29, 0.717) is 29.2 Å². The summed E-state index contributed by atoms with van der Waals surface area (Å²) in [4.78, 5) is 43.3. The van der Waals surface area contributed by atoms with Crippen molar-refractivity contribution in [1.82, 2.24) is 4.90 Å². The largest absolute Gasteiger partial charge is 0.394 e. The molecule has 0 saturated carbocycles. The van der Waals surface area contributed by atoms with Crippen molar-refractivity contribution in [1.29, 1.82) is 0 Å². The Balaban J connectivity index is 1.55. The van der Waals surface area contributed by atoms with Crippen molar-refractivity contribution >= 4 is 68.4 Å². The van der Waals surface area contributed by atoms with Crippen molar-refractivity contribution in [3.8, 4) is 0 Å². The number of fused-ring (bicyclic) bond motifs is 1. The minimum atomic E-state index is -0.859. The van der Waals surface area contributed by atoms with Crippen LogP contribution in [0, 0.1) is 18.8 Å².